The van der Waals surface area contributed by atoms with Gasteiger partial charge in [0.05, 0.1) is 7.11 Å². The van der Waals surface area contributed by atoms with E-state index < -0.39 is 0 Å². The quantitative estimate of drug-likeness (QED) is 0.594. The van der Waals surface area contributed by atoms with Gasteiger partial charge in [-0.25, -0.2) is 4.79 Å². The molecule has 0 fully saturated rings. The van der Waals surface area contributed by atoms with E-state index in [0.29, 0.717) is 0 Å². The molecule has 74 valence electrons. The number of ether oxygens (including phenoxy) is 1. The minimum absolute atomic E-state index is 0.188. The third kappa shape index (κ3) is 1.65. The molecule has 0 amide bonds. The molecule has 2 aliphatic rings. The zero-order valence-corrected chi connectivity index (χ0v) is 8.38. The van der Waals surface area contributed by atoms with E-state index in [-0.39, 0.29) is 5.97 Å². The Morgan fingerprint density at radius 2 is 2.36 bits per heavy atom. The van der Waals surface area contributed by atoms with Crippen LogP contribution in [0.1, 0.15) is 25.7 Å². The van der Waals surface area contributed by atoms with Crippen LogP contribution in [0.2, 0.25) is 0 Å². The Morgan fingerprint density at radius 1 is 1.50 bits per heavy atom. The number of hydrogen-bond acceptors (Lipinski definition) is 2. The average molecular weight is 190 g/mol. The Balaban J connectivity index is 2.18. The molecule has 2 rings (SSSR count). The molecule has 0 aliphatic heterocycles. The van der Waals surface area contributed by atoms with Crippen LogP contribution in [0.5, 0.6) is 0 Å². The molecule has 0 bridgehead atoms. The van der Waals surface area contributed by atoms with E-state index in [0.717, 1.165) is 24.8 Å². The number of allylic oxidation sites excluding steroid dienone is 5. The van der Waals surface area contributed by atoms with E-state index in [1.165, 1.54) is 24.7 Å². The normalized spacial score (nSPS) is 20.2. The molecule has 0 spiro atoms. The third-order valence-corrected chi connectivity index (χ3v) is 2.74. The fourth-order valence-corrected chi connectivity index (χ4v) is 1.98. The number of methoxy groups -OCH3 is 1. The second-order valence-electron chi connectivity index (χ2n) is 3.69. The molecular weight excluding hydrogens is 176 g/mol. The summed E-state index contributed by atoms with van der Waals surface area (Å²) in [6.45, 7) is 0. The monoisotopic (exact) mass is 190 g/mol. The van der Waals surface area contributed by atoms with Crippen LogP contribution in [0, 0.1) is 0 Å². The van der Waals surface area contributed by atoms with E-state index >= 15 is 0 Å². The van der Waals surface area contributed by atoms with Crippen molar-refractivity contribution < 1.29 is 9.53 Å². The predicted molar refractivity (Wildman–Crippen MR) is 54.7 cm³/mol. The maximum Gasteiger partial charge on any atom is 0.334 e. The molecule has 0 saturated carbocycles. The predicted octanol–water partition coefficient (Wildman–Crippen LogP) is 2.53. The Kier molecular flexibility index (Phi) is 2.53. The Labute approximate surface area is 83.9 Å². The lowest BCUT2D eigenvalue weighted by Gasteiger charge is -2.02. The minimum Gasteiger partial charge on any atom is -0.466 e. The first-order chi connectivity index (χ1) is 6.81. The Hall–Kier alpha value is -1.31. The summed E-state index contributed by atoms with van der Waals surface area (Å²) in [4.78, 5) is 11.3. The number of carbonyl (C=O) groups excluding carboxylic acids is 1. The standard InChI is InChI=1S/C12H14O2/c1-14-12(13)11-7-9-5-3-2-4-6-10(9)8-11/h3,5,7H,2,4,6,8H2,1H3. The van der Waals surface area contributed by atoms with E-state index in [9.17, 15) is 4.79 Å². The van der Waals surface area contributed by atoms with Gasteiger partial charge in [0.1, 0.15) is 0 Å². The van der Waals surface area contributed by atoms with Gasteiger partial charge < -0.3 is 4.74 Å². The summed E-state index contributed by atoms with van der Waals surface area (Å²) < 4.78 is 4.71. The van der Waals surface area contributed by atoms with Crippen molar-refractivity contribution in [3.05, 3.63) is 34.9 Å². The van der Waals surface area contributed by atoms with Gasteiger partial charge in [-0.05, 0) is 30.9 Å². The summed E-state index contributed by atoms with van der Waals surface area (Å²) in [5.74, 6) is -0.188. The Bertz CT molecular complexity index is 345. The van der Waals surface area contributed by atoms with Gasteiger partial charge in [0.2, 0.25) is 0 Å². The molecule has 0 heterocycles. The molecule has 0 aromatic carbocycles. The fraction of sp³-hybridized carbons (Fsp3) is 0.417. The highest BCUT2D eigenvalue weighted by Gasteiger charge is 2.20. The second-order valence-corrected chi connectivity index (χ2v) is 3.69. The summed E-state index contributed by atoms with van der Waals surface area (Å²) >= 11 is 0. The summed E-state index contributed by atoms with van der Waals surface area (Å²) in [5.41, 5.74) is 3.41. The summed E-state index contributed by atoms with van der Waals surface area (Å²) in [7, 11) is 1.43. The van der Waals surface area contributed by atoms with Gasteiger partial charge in [-0.3, -0.25) is 0 Å². The van der Waals surface area contributed by atoms with Crippen molar-refractivity contribution >= 4 is 5.97 Å². The lowest BCUT2D eigenvalue weighted by atomic mass is 10.1. The number of rotatable bonds is 1. The van der Waals surface area contributed by atoms with Crippen molar-refractivity contribution in [2.24, 2.45) is 0 Å². The highest BCUT2D eigenvalue weighted by atomic mass is 16.5. The molecule has 14 heavy (non-hydrogen) atoms. The van der Waals surface area contributed by atoms with Crippen LogP contribution in [0.25, 0.3) is 0 Å². The SMILES string of the molecule is COC(=O)C1=CC2=C(CCCC=C2)C1. The fourth-order valence-electron chi connectivity index (χ4n) is 1.98. The van der Waals surface area contributed by atoms with Crippen LogP contribution >= 0.6 is 0 Å². The van der Waals surface area contributed by atoms with Gasteiger partial charge in [-0.2, -0.15) is 0 Å². The molecule has 2 aliphatic carbocycles. The smallest absolute Gasteiger partial charge is 0.334 e. The molecule has 0 N–H and O–H groups in total. The highest BCUT2D eigenvalue weighted by molar-refractivity contribution is 5.91. The number of carbonyl (C=O) groups is 1. The van der Waals surface area contributed by atoms with Crippen LogP contribution in [0.3, 0.4) is 0 Å². The van der Waals surface area contributed by atoms with E-state index in [1.807, 2.05) is 6.08 Å². The van der Waals surface area contributed by atoms with Gasteiger partial charge in [-0.1, -0.05) is 17.7 Å². The molecule has 0 aromatic heterocycles. The largest absolute Gasteiger partial charge is 0.466 e. The first-order valence-corrected chi connectivity index (χ1v) is 4.98. The molecular formula is C12H14O2. The molecule has 2 nitrogen and oxygen atoms in total. The van der Waals surface area contributed by atoms with Gasteiger partial charge in [0.25, 0.3) is 0 Å². The number of esters is 1. The van der Waals surface area contributed by atoms with Gasteiger partial charge in [0.15, 0.2) is 0 Å². The minimum atomic E-state index is -0.188. The first kappa shape index (κ1) is 9.25. The van der Waals surface area contributed by atoms with Gasteiger partial charge in [-0.15, -0.1) is 0 Å². The molecule has 0 unspecified atom stereocenters. The maximum absolute atomic E-state index is 11.3. The lowest BCUT2D eigenvalue weighted by molar-refractivity contribution is -0.136. The zero-order chi connectivity index (χ0) is 9.97. The summed E-state index contributed by atoms with van der Waals surface area (Å²) in [6.07, 6.45) is 10.5. The summed E-state index contributed by atoms with van der Waals surface area (Å²) in [6, 6.07) is 0. The lowest BCUT2D eigenvalue weighted by Crippen LogP contribution is -2.03. The average Bonchev–Trinajstić information content (AvgIpc) is 2.49. The molecule has 0 radical (unpaired) electrons. The topological polar surface area (TPSA) is 26.3 Å². The van der Waals surface area contributed by atoms with E-state index in [2.05, 4.69) is 12.2 Å². The van der Waals surface area contributed by atoms with Crippen LogP contribution in [0.15, 0.2) is 34.9 Å². The zero-order valence-electron chi connectivity index (χ0n) is 8.38. The van der Waals surface area contributed by atoms with E-state index in [4.69, 9.17) is 4.74 Å². The molecule has 2 heteroatoms. The van der Waals surface area contributed by atoms with Crippen molar-refractivity contribution in [3.63, 3.8) is 0 Å². The van der Waals surface area contributed by atoms with Crippen LogP contribution in [-0.2, 0) is 9.53 Å². The summed E-state index contributed by atoms with van der Waals surface area (Å²) in [5, 5.41) is 0. The number of hydrogen-bond donors (Lipinski definition) is 0. The third-order valence-electron chi connectivity index (χ3n) is 2.74. The van der Waals surface area contributed by atoms with Crippen LogP contribution in [-0.4, -0.2) is 13.1 Å². The van der Waals surface area contributed by atoms with Gasteiger partial charge >= 0.3 is 5.97 Å². The molecule has 0 aromatic rings. The van der Waals surface area contributed by atoms with Crippen LogP contribution in [0.4, 0.5) is 0 Å². The van der Waals surface area contributed by atoms with E-state index in [1.54, 1.807) is 0 Å². The van der Waals surface area contributed by atoms with Gasteiger partial charge in [0, 0.05) is 12.0 Å². The Morgan fingerprint density at radius 3 is 3.14 bits per heavy atom. The van der Waals surface area contributed by atoms with Crippen molar-refractivity contribution in [1.29, 1.82) is 0 Å². The van der Waals surface area contributed by atoms with Crippen molar-refractivity contribution in [2.45, 2.75) is 25.7 Å². The van der Waals surface area contributed by atoms with Crippen molar-refractivity contribution in [1.82, 2.24) is 0 Å². The van der Waals surface area contributed by atoms with Crippen LogP contribution < -0.4 is 0 Å². The molecule has 0 saturated heterocycles. The first-order valence-electron chi connectivity index (χ1n) is 4.98. The maximum atomic E-state index is 11.3. The second kappa shape index (κ2) is 3.82. The van der Waals surface area contributed by atoms with Crippen molar-refractivity contribution in [3.8, 4) is 0 Å². The molecule has 0 atom stereocenters. The van der Waals surface area contributed by atoms with Crippen molar-refractivity contribution in [2.75, 3.05) is 7.11 Å². The highest BCUT2D eigenvalue weighted by Crippen LogP contribution is 2.32.